The number of carbonyl (C=O) groups is 4. The first-order chi connectivity index (χ1) is 26.6. The van der Waals surface area contributed by atoms with Gasteiger partial charge in [0.05, 0.1) is 17.6 Å². The zero-order chi connectivity index (χ0) is 38.5. The van der Waals surface area contributed by atoms with Crippen molar-refractivity contribution in [3.63, 3.8) is 0 Å². The van der Waals surface area contributed by atoms with Crippen LogP contribution in [0.3, 0.4) is 0 Å². The Hall–Kier alpha value is -5.65. The summed E-state index contributed by atoms with van der Waals surface area (Å²) in [6.07, 6.45) is 6.39. The molecule has 7 rings (SSSR count). The van der Waals surface area contributed by atoms with Crippen LogP contribution in [0, 0.1) is 11.7 Å². The maximum Gasteiger partial charge on any atom is 0.273 e. The summed E-state index contributed by atoms with van der Waals surface area (Å²) in [6.45, 7) is 8.58. The van der Waals surface area contributed by atoms with Gasteiger partial charge in [-0.1, -0.05) is 0 Å². The Labute approximate surface area is 318 Å². The molecule has 0 saturated carbocycles. The Morgan fingerprint density at radius 3 is 2.44 bits per heavy atom. The molecule has 4 saturated heterocycles. The van der Waals surface area contributed by atoms with Gasteiger partial charge in [0.25, 0.3) is 5.91 Å². The molecule has 17 nitrogen and oxygen atoms in total. The fourth-order valence-corrected chi connectivity index (χ4v) is 7.82. The lowest BCUT2D eigenvalue weighted by Gasteiger charge is -2.40. The first kappa shape index (κ1) is 37.7. The van der Waals surface area contributed by atoms with Crippen molar-refractivity contribution in [3.8, 4) is 0 Å². The van der Waals surface area contributed by atoms with Crippen LogP contribution >= 0.6 is 0 Å². The molecule has 4 fully saturated rings. The summed E-state index contributed by atoms with van der Waals surface area (Å²) < 4.78 is 15.6. The third kappa shape index (κ3) is 9.36. The van der Waals surface area contributed by atoms with Crippen LogP contribution in [-0.4, -0.2) is 120 Å². The molecule has 4 amide bonds. The van der Waals surface area contributed by atoms with Crippen LogP contribution < -0.4 is 41.7 Å². The molecule has 0 radical (unpaired) electrons. The first-order valence-corrected chi connectivity index (χ1v) is 19.0. The van der Waals surface area contributed by atoms with E-state index < -0.39 is 17.8 Å². The van der Waals surface area contributed by atoms with Crippen molar-refractivity contribution in [1.29, 1.82) is 0 Å². The standard InChI is InChI=1S/C37H48FN13O4/c1-23(52)41-26-3-2-12-51(22-26)37-45-35(33(34(39)54)46-47-37)42-25-4-7-30(28(38)19-25)50-17-15-48(16-18-50)21-24-10-13-49(14-11-24)27-5-8-31(40-20-27)43-29-6-9-32(53)44-36(29)55/h4-5,7-8,19-20,24,26,29H,2-3,6,9-18,21-22H2,1H3,(H2,39,54)(H,40,43)(H,41,52)(H,42,45,47)(H,44,53,55). The number of hydrogen-bond donors (Lipinski definition) is 5. The predicted octanol–water partition coefficient (Wildman–Crippen LogP) is 1.61. The van der Waals surface area contributed by atoms with E-state index in [1.54, 1.807) is 12.1 Å². The minimum absolute atomic E-state index is 0.0577. The number of imide groups is 1. The molecule has 6 heterocycles. The van der Waals surface area contributed by atoms with Crippen molar-refractivity contribution in [2.45, 2.75) is 57.5 Å². The highest BCUT2D eigenvalue weighted by Gasteiger charge is 2.29. The highest BCUT2D eigenvalue weighted by molar-refractivity contribution is 6.01. The second-order valence-electron chi connectivity index (χ2n) is 14.7. The normalized spacial score (nSPS) is 21.2. The molecule has 6 N–H and O–H groups in total. The first-order valence-electron chi connectivity index (χ1n) is 19.0. The second-order valence-corrected chi connectivity index (χ2v) is 14.7. The van der Waals surface area contributed by atoms with E-state index in [0.29, 0.717) is 62.1 Å². The largest absolute Gasteiger partial charge is 0.370 e. The van der Waals surface area contributed by atoms with Crippen LogP contribution in [0.25, 0.3) is 0 Å². The number of piperazine rings is 1. The van der Waals surface area contributed by atoms with E-state index in [4.69, 9.17) is 5.73 Å². The molecular weight excluding hydrogens is 709 g/mol. The second kappa shape index (κ2) is 16.8. The van der Waals surface area contributed by atoms with E-state index in [1.807, 2.05) is 23.2 Å². The number of nitrogens with one attached hydrogen (secondary N) is 4. The van der Waals surface area contributed by atoms with E-state index in [0.717, 1.165) is 64.1 Å². The molecular formula is C37H48FN13O4. The summed E-state index contributed by atoms with van der Waals surface area (Å²) in [5.74, 6) is -0.318. The summed E-state index contributed by atoms with van der Waals surface area (Å²) in [6, 6.07) is 8.24. The van der Waals surface area contributed by atoms with Gasteiger partial charge in [0, 0.05) is 84.0 Å². The van der Waals surface area contributed by atoms with Crippen LogP contribution in [-0.2, 0) is 14.4 Å². The van der Waals surface area contributed by atoms with Crippen LogP contribution in [0.15, 0.2) is 36.5 Å². The molecule has 2 unspecified atom stereocenters. The molecule has 3 aromatic rings. The molecule has 18 heteroatoms. The number of anilines is 6. The van der Waals surface area contributed by atoms with Gasteiger partial charge in [-0.3, -0.25) is 29.4 Å². The third-order valence-electron chi connectivity index (χ3n) is 10.7. The topological polar surface area (TPSA) is 207 Å². The van der Waals surface area contributed by atoms with Crippen LogP contribution in [0.4, 0.5) is 39.0 Å². The number of rotatable bonds is 11. The summed E-state index contributed by atoms with van der Waals surface area (Å²) in [5, 5.41) is 19.6. The number of nitrogens with two attached hydrogens (primary N) is 1. The van der Waals surface area contributed by atoms with E-state index in [9.17, 15) is 19.2 Å². The minimum atomic E-state index is -0.811. The van der Waals surface area contributed by atoms with Gasteiger partial charge in [-0.25, -0.2) is 9.37 Å². The number of carbonyl (C=O) groups excluding carboxylic acids is 4. The number of amides is 4. The van der Waals surface area contributed by atoms with Crippen molar-refractivity contribution < 1.29 is 23.6 Å². The maximum absolute atomic E-state index is 15.6. The summed E-state index contributed by atoms with van der Waals surface area (Å²) in [4.78, 5) is 65.1. The number of aromatic nitrogens is 4. The number of nitrogens with zero attached hydrogens (tertiary/aromatic N) is 8. The number of halogens is 1. The van der Waals surface area contributed by atoms with Gasteiger partial charge >= 0.3 is 0 Å². The van der Waals surface area contributed by atoms with Crippen LogP contribution in [0.1, 0.15) is 55.9 Å². The Balaban J connectivity index is 0.881. The van der Waals surface area contributed by atoms with Gasteiger partial charge in [-0.2, -0.15) is 4.98 Å². The quantitative estimate of drug-likeness (QED) is 0.176. The van der Waals surface area contributed by atoms with Gasteiger partial charge in [0.15, 0.2) is 11.5 Å². The monoisotopic (exact) mass is 757 g/mol. The summed E-state index contributed by atoms with van der Waals surface area (Å²) in [7, 11) is 0. The van der Waals surface area contributed by atoms with E-state index >= 15 is 4.39 Å². The van der Waals surface area contributed by atoms with E-state index in [1.165, 1.54) is 13.0 Å². The zero-order valence-electron chi connectivity index (χ0n) is 31.0. The Bertz CT molecular complexity index is 1880. The average Bonchev–Trinajstić information content (AvgIpc) is 3.17. The number of pyridine rings is 1. The lowest BCUT2D eigenvalue weighted by Crippen LogP contribution is -2.49. The highest BCUT2D eigenvalue weighted by Crippen LogP contribution is 2.29. The van der Waals surface area contributed by atoms with Gasteiger partial charge in [-0.15, -0.1) is 10.2 Å². The molecule has 4 aliphatic heterocycles. The third-order valence-corrected chi connectivity index (χ3v) is 10.7. The molecule has 292 valence electrons. The Morgan fingerprint density at radius 1 is 0.945 bits per heavy atom. The molecule has 2 aromatic heterocycles. The van der Waals surface area contributed by atoms with Crippen molar-refractivity contribution in [2.24, 2.45) is 11.7 Å². The number of benzene rings is 1. The van der Waals surface area contributed by atoms with Gasteiger partial charge in [0.2, 0.25) is 23.7 Å². The molecule has 1 aromatic carbocycles. The zero-order valence-corrected chi connectivity index (χ0v) is 31.0. The fraction of sp³-hybridized carbons (Fsp3) is 0.514. The summed E-state index contributed by atoms with van der Waals surface area (Å²) >= 11 is 0. The van der Waals surface area contributed by atoms with Crippen molar-refractivity contribution in [3.05, 3.63) is 48.0 Å². The van der Waals surface area contributed by atoms with Gasteiger partial charge < -0.3 is 36.4 Å². The van der Waals surface area contributed by atoms with Crippen molar-refractivity contribution in [1.82, 2.24) is 35.7 Å². The molecule has 0 bridgehead atoms. The predicted molar refractivity (Wildman–Crippen MR) is 205 cm³/mol. The molecule has 2 atom stereocenters. The minimum Gasteiger partial charge on any atom is -0.370 e. The molecule has 55 heavy (non-hydrogen) atoms. The maximum atomic E-state index is 15.6. The fourth-order valence-electron chi connectivity index (χ4n) is 7.82. The lowest BCUT2D eigenvalue weighted by atomic mass is 9.95. The van der Waals surface area contributed by atoms with Crippen LogP contribution in [0.2, 0.25) is 0 Å². The lowest BCUT2D eigenvalue weighted by molar-refractivity contribution is -0.133. The van der Waals surface area contributed by atoms with E-state index in [-0.39, 0.29) is 41.2 Å². The van der Waals surface area contributed by atoms with Gasteiger partial charge in [0.1, 0.15) is 17.7 Å². The highest BCUT2D eigenvalue weighted by atomic mass is 19.1. The summed E-state index contributed by atoms with van der Waals surface area (Å²) in [5.41, 5.74) is 7.37. The molecule has 0 spiro atoms. The Morgan fingerprint density at radius 2 is 1.75 bits per heavy atom. The molecule has 0 aliphatic carbocycles. The number of hydrogen-bond acceptors (Lipinski definition) is 14. The van der Waals surface area contributed by atoms with Gasteiger partial charge in [-0.05, 0) is 68.4 Å². The average molecular weight is 758 g/mol. The van der Waals surface area contributed by atoms with Crippen molar-refractivity contribution in [2.75, 3.05) is 84.2 Å². The smallest absolute Gasteiger partial charge is 0.273 e. The number of piperidine rings is 3. The number of primary amides is 1. The SMILES string of the molecule is CC(=O)NC1CCCN(c2nnc(C(N)=O)c(Nc3ccc(N4CCN(CC5CCN(c6ccc(NC7CCC(=O)NC7=O)nc6)CC5)CC4)c(F)c3)n2)C1. The van der Waals surface area contributed by atoms with Crippen LogP contribution in [0.5, 0.6) is 0 Å². The van der Waals surface area contributed by atoms with E-state index in [2.05, 4.69) is 56.1 Å². The molecule has 4 aliphatic rings. The Kier molecular flexibility index (Phi) is 11.5. The van der Waals surface area contributed by atoms with Crippen molar-refractivity contribution >= 4 is 58.3 Å².